The first kappa shape index (κ1) is 26.1. The Kier molecular flexibility index (Phi) is 8.69. The molecule has 9 nitrogen and oxygen atoms in total. The number of piperidine rings is 1. The molecular formula is C23H31N3O6S2. The maximum absolute atomic E-state index is 12.6. The highest BCUT2D eigenvalue weighted by molar-refractivity contribution is 7.89. The third-order valence-corrected chi connectivity index (χ3v) is 9.21. The minimum atomic E-state index is -3.49. The topological polar surface area (TPSA) is 113 Å². The van der Waals surface area contributed by atoms with Crippen LogP contribution in [0.1, 0.15) is 35.2 Å². The van der Waals surface area contributed by atoms with Gasteiger partial charge in [0.1, 0.15) is 12.4 Å². The van der Waals surface area contributed by atoms with Crippen molar-refractivity contribution in [2.45, 2.75) is 29.9 Å². The Labute approximate surface area is 201 Å². The molecule has 34 heavy (non-hydrogen) atoms. The Morgan fingerprint density at radius 2 is 1.56 bits per heavy atom. The molecule has 1 aliphatic rings. The first-order chi connectivity index (χ1) is 16.1. The normalized spacial score (nSPS) is 15.3. The lowest BCUT2D eigenvalue weighted by Crippen LogP contribution is -2.36. The summed E-state index contributed by atoms with van der Waals surface area (Å²) in [5, 5.41) is 2.75. The average Bonchev–Trinajstić information content (AvgIpc) is 2.82. The van der Waals surface area contributed by atoms with E-state index in [1.54, 1.807) is 40.7 Å². The molecule has 0 saturated carbocycles. The summed E-state index contributed by atoms with van der Waals surface area (Å²) in [6.07, 6.45) is 2.85. The van der Waals surface area contributed by atoms with Crippen molar-refractivity contribution in [1.29, 1.82) is 0 Å². The number of benzene rings is 2. The Hall–Kier alpha value is -2.47. The lowest BCUT2D eigenvalue weighted by atomic mass is 10.1. The highest BCUT2D eigenvalue weighted by Gasteiger charge is 2.24. The molecule has 0 atom stereocenters. The van der Waals surface area contributed by atoms with Crippen LogP contribution in [0.5, 0.6) is 5.75 Å². The standard InChI is InChI=1S/C23H31N3O6S2/c1-25(2)34(30,31)22-12-10-21(11-13-22)32-17-14-24-23(27)20-8-6-19(7-9-20)18-33(28,29)26-15-4-3-5-16-26/h6-13H,3-5,14-18H2,1-2H3,(H,24,27). The number of hydrogen-bond donors (Lipinski definition) is 1. The van der Waals surface area contributed by atoms with Gasteiger partial charge in [0, 0.05) is 32.7 Å². The zero-order valence-electron chi connectivity index (χ0n) is 19.4. The van der Waals surface area contributed by atoms with E-state index >= 15 is 0 Å². The number of carbonyl (C=O) groups is 1. The fourth-order valence-electron chi connectivity index (χ4n) is 3.55. The molecule has 0 spiro atoms. The second-order valence-electron chi connectivity index (χ2n) is 8.28. The van der Waals surface area contributed by atoms with Gasteiger partial charge < -0.3 is 10.1 Å². The number of amides is 1. The molecule has 2 aromatic carbocycles. The Morgan fingerprint density at radius 3 is 2.15 bits per heavy atom. The van der Waals surface area contributed by atoms with E-state index < -0.39 is 20.0 Å². The van der Waals surface area contributed by atoms with E-state index in [0.717, 1.165) is 23.6 Å². The first-order valence-corrected chi connectivity index (χ1v) is 14.1. The van der Waals surface area contributed by atoms with Crippen molar-refractivity contribution >= 4 is 26.0 Å². The van der Waals surface area contributed by atoms with Crippen LogP contribution in [0.15, 0.2) is 53.4 Å². The van der Waals surface area contributed by atoms with Crippen LogP contribution in [0.25, 0.3) is 0 Å². The van der Waals surface area contributed by atoms with Crippen molar-refractivity contribution in [3.63, 3.8) is 0 Å². The Morgan fingerprint density at radius 1 is 0.941 bits per heavy atom. The van der Waals surface area contributed by atoms with Crippen LogP contribution in [0.2, 0.25) is 0 Å². The summed E-state index contributed by atoms with van der Waals surface area (Å²) < 4.78 is 57.5. The Balaban J connectivity index is 1.45. The summed E-state index contributed by atoms with van der Waals surface area (Å²) in [5.41, 5.74) is 1.07. The maximum Gasteiger partial charge on any atom is 0.251 e. The van der Waals surface area contributed by atoms with Gasteiger partial charge in [0.25, 0.3) is 5.91 Å². The third kappa shape index (κ3) is 6.78. The van der Waals surface area contributed by atoms with Crippen LogP contribution in [0, 0.1) is 0 Å². The first-order valence-electron chi connectivity index (χ1n) is 11.1. The molecule has 1 aliphatic heterocycles. The van der Waals surface area contributed by atoms with Gasteiger partial charge in [-0.1, -0.05) is 18.6 Å². The fraction of sp³-hybridized carbons (Fsp3) is 0.435. The number of ether oxygens (including phenoxy) is 1. The number of rotatable bonds is 10. The van der Waals surface area contributed by atoms with Crippen molar-refractivity contribution in [2.24, 2.45) is 0 Å². The molecule has 1 amide bonds. The van der Waals surface area contributed by atoms with E-state index in [0.29, 0.717) is 30.0 Å². The lowest BCUT2D eigenvalue weighted by molar-refractivity contribution is 0.0947. The van der Waals surface area contributed by atoms with Gasteiger partial charge >= 0.3 is 0 Å². The SMILES string of the molecule is CN(C)S(=O)(=O)c1ccc(OCCNC(=O)c2ccc(CS(=O)(=O)N3CCCCC3)cc2)cc1. The second-order valence-corrected chi connectivity index (χ2v) is 12.4. The zero-order chi connectivity index (χ0) is 24.8. The predicted molar refractivity (Wildman–Crippen MR) is 130 cm³/mol. The van der Waals surface area contributed by atoms with Crippen LogP contribution in [-0.4, -0.2) is 71.7 Å². The summed E-state index contributed by atoms with van der Waals surface area (Å²) >= 11 is 0. The van der Waals surface area contributed by atoms with Crippen LogP contribution in [-0.2, 0) is 25.8 Å². The third-order valence-electron chi connectivity index (χ3n) is 5.53. The van der Waals surface area contributed by atoms with Gasteiger partial charge in [-0.15, -0.1) is 0 Å². The molecule has 0 aromatic heterocycles. The van der Waals surface area contributed by atoms with Gasteiger partial charge in [-0.05, 0) is 54.8 Å². The van der Waals surface area contributed by atoms with Crippen LogP contribution in [0.3, 0.4) is 0 Å². The minimum Gasteiger partial charge on any atom is -0.492 e. The monoisotopic (exact) mass is 509 g/mol. The molecule has 3 rings (SSSR count). The summed E-state index contributed by atoms with van der Waals surface area (Å²) in [4.78, 5) is 12.5. The quantitative estimate of drug-likeness (QED) is 0.491. The van der Waals surface area contributed by atoms with Crippen LogP contribution >= 0.6 is 0 Å². The Bertz CT molecular complexity index is 1170. The van der Waals surface area contributed by atoms with Gasteiger partial charge in [-0.25, -0.2) is 25.4 Å². The summed E-state index contributed by atoms with van der Waals surface area (Å²) in [5.74, 6) is 0.130. The summed E-state index contributed by atoms with van der Waals surface area (Å²) in [6.45, 7) is 1.60. The molecule has 1 fully saturated rings. The average molecular weight is 510 g/mol. The zero-order valence-corrected chi connectivity index (χ0v) is 21.1. The number of sulfonamides is 2. The number of carbonyl (C=O) groups excluding carboxylic acids is 1. The highest BCUT2D eigenvalue weighted by atomic mass is 32.2. The molecule has 1 saturated heterocycles. The van der Waals surface area contributed by atoms with E-state index in [9.17, 15) is 21.6 Å². The smallest absolute Gasteiger partial charge is 0.251 e. The molecule has 0 bridgehead atoms. The van der Waals surface area contributed by atoms with Gasteiger partial charge in [-0.3, -0.25) is 4.79 Å². The van der Waals surface area contributed by atoms with Crippen molar-refractivity contribution in [3.05, 3.63) is 59.7 Å². The largest absolute Gasteiger partial charge is 0.492 e. The molecule has 0 radical (unpaired) electrons. The molecule has 1 heterocycles. The fourth-order valence-corrected chi connectivity index (χ4v) is 6.06. The van der Waals surface area contributed by atoms with Crippen LogP contribution in [0.4, 0.5) is 0 Å². The number of hydrogen-bond acceptors (Lipinski definition) is 6. The molecule has 0 unspecified atom stereocenters. The summed E-state index contributed by atoms with van der Waals surface area (Å²) in [6, 6.07) is 12.6. The second kappa shape index (κ2) is 11.3. The molecule has 186 valence electrons. The van der Waals surface area contributed by atoms with Gasteiger partial charge in [0.2, 0.25) is 20.0 Å². The van der Waals surface area contributed by atoms with E-state index in [2.05, 4.69) is 5.32 Å². The van der Waals surface area contributed by atoms with Gasteiger partial charge in [0.05, 0.1) is 17.2 Å². The van der Waals surface area contributed by atoms with E-state index in [-0.39, 0.29) is 29.7 Å². The molecular weight excluding hydrogens is 478 g/mol. The molecule has 0 aliphatic carbocycles. The van der Waals surface area contributed by atoms with E-state index in [1.807, 2.05) is 0 Å². The van der Waals surface area contributed by atoms with Crippen molar-refractivity contribution in [1.82, 2.24) is 13.9 Å². The maximum atomic E-state index is 12.6. The van der Waals surface area contributed by atoms with Crippen molar-refractivity contribution in [2.75, 3.05) is 40.3 Å². The number of nitrogens with zero attached hydrogens (tertiary/aromatic N) is 2. The van der Waals surface area contributed by atoms with E-state index in [4.69, 9.17) is 4.74 Å². The number of nitrogens with one attached hydrogen (secondary N) is 1. The van der Waals surface area contributed by atoms with Gasteiger partial charge in [0.15, 0.2) is 0 Å². The molecule has 11 heteroatoms. The van der Waals surface area contributed by atoms with E-state index in [1.165, 1.54) is 26.2 Å². The van der Waals surface area contributed by atoms with Crippen LogP contribution < -0.4 is 10.1 Å². The lowest BCUT2D eigenvalue weighted by Gasteiger charge is -2.25. The summed E-state index contributed by atoms with van der Waals surface area (Å²) in [7, 11) is -3.91. The van der Waals surface area contributed by atoms with Crippen molar-refractivity contribution in [3.8, 4) is 5.75 Å². The predicted octanol–water partition coefficient (Wildman–Crippen LogP) is 2.06. The van der Waals surface area contributed by atoms with Crippen molar-refractivity contribution < 1.29 is 26.4 Å². The van der Waals surface area contributed by atoms with Gasteiger partial charge in [-0.2, -0.15) is 0 Å². The molecule has 2 aromatic rings. The highest BCUT2D eigenvalue weighted by Crippen LogP contribution is 2.19. The minimum absolute atomic E-state index is 0.0721. The molecule has 1 N–H and O–H groups in total.